The van der Waals surface area contributed by atoms with Crippen molar-refractivity contribution in [2.45, 2.75) is 11.3 Å². The van der Waals surface area contributed by atoms with Crippen LogP contribution in [0.5, 0.6) is 5.75 Å². The van der Waals surface area contributed by atoms with Crippen molar-refractivity contribution in [2.75, 3.05) is 12.0 Å². The van der Waals surface area contributed by atoms with Crippen LogP contribution < -0.4 is 9.64 Å². The zero-order valence-corrected chi connectivity index (χ0v) is 17.2. The fourth-order valence-corrected chi connectivity index (χ4v) is 6.12. The zero-order chi connectivity index (χ0) is 22.2. The molecule has 1 fully saturated rings. The van der Waals surface area contributed by atoms with E-state index in [9.17, 15) is 19.5 Å². The SMILES string of the molecule is COc1ccc(N2C(=O)[C@@H]3[C@@H](C2=O)C2c4ccccc4C3(C(=O)O)c3ccccc32)cc1. The Hall–Kier alpha value is -3.93. The third kappa shape index (κ3) is 2.02. The standard InChI is InChI=1S/C26H19NO5/c1-32-15-12-10-14(11-13-15)27-23(28)21-20-16-6-2-4-8-18(16)26(25(30)31,22(21)24(27)29)19-9-5-3-7-17(19)20/h2-13,20-22H,1H3,(H,30,31)/t20?,21-,22-,26?/m0/s1. The molecule has 3 aliphatic carbocycles. The number of imide groups is 1. The van der Waals surface area contributed by atoms with Crippen LogP contribution in [0.2, 0.25) is 0 Å². The first-order chi connectivity index (χ1) is 15.5. The molecule has 1 N–H and O–H groups in total. The quantitative estimate of drug-likeness (QED) is 0.651. The molecule has 4 aliphatic rings. The molecule has 32 heavy (non-hydrogen) atoms. The summed E-state index contributed by atoms with van der Waals surface area (Å²) in [5.41, 5.74) is 1.65. The number of benzene rings is 3. The number of carboxylic acid groups (broad SMARTS) is 1. The number of rotatable bonds is 3. The Morgan fingerprint density at radius 2 is 1.44 bits per heavy atom. The average molecular weight is 425 g/mol. The van der Waals surface area contributed by atoms with E-state index in [4.69, 9.17) is 4.74 Å². The molecule has 2 amide bonds. The van der Waals surface area contributed by atoms with Gasteiger partial charge in [0.15, 0.2) is 0 Å². The minimum absolute atomic E-state index is 0.357. The molecule has 2 atom stereocenters. The average Bonchev–Trinajstić information content (AvgIpc) is 3.09. The number of aliphatic carboxylic acids is 1. The van der Waals surface area contributed by atoms with Crippen LogP contribution in [0.15, 0.2) is 72.8 Å². The normalized spacial score (nSPS) is 27.0. The molecule has 3 aromatic rings. The highest BCUT2D eigenvalue weighted by atomic mass is 16.5. The molecular weight excluding hydrogens is 406 g/mol. The molecule has 0 saturated carbocycles. The van der Waals surface area contributed by atoms with E-state index in [1.165, 1.54) is 0 Å². The molecular formula is C26H19NO5. The van der Waals surface area contributed by atoms with Crippen LogP contribution in [0, 0.1) is 11.8 Å². The molecule has 6 heteroatoms. The van der Waals surface area contributed by atoms with Gasteiger partial charge in [0.05, 0.1) is 24.6 Å². The Kier molecular flexibility index (Phi) is 3.70. The number of ether oxygens (including phenoxy) is 1. The molecule has 3 aromatic carbocycles. The number of carboxylic acids is 1. The van der Waals surface area contributed by atoms with Crippen molar-refractivity contribution < 1.29 is 24.2 Å². The van der Waals surface area contributed by atoms with Gasteiger partial charge < -0.3 is 9.84 Å². The number of methoxy groups -OCH3 is 1. The van der Waals surface area contributed by atoms with Gasteiger partial charge in [0.1, 0.15) is 11.2 Å². The van der Waals surface area contributed by atoms with Crippen molar-refractivity contribution in [1.29, 1.82) is 0 Å². The van der Waals surface area contributed by atoms with E-state index in [1.54, 1.807) is 55.6 Å². The van der Waals surface area contributed by atoms with E-state index >= 15 is 0 Å². The Morgan fingerprint density at radius 3 is 1.97 bits per heavy atom. The highest BCUT2D eigenvalue weighted by Crippen LogP contribution is 2.64. The van der Waals surface area contributed by atoms with Crippen molar-refractivity contribution in [3.8, 4) is 5.75 Å². The fourth-order valence-electron chi connectivity index (χ4n) is 6.12. The smallest absolute Gasteiger partial charge is 0.319 e. The Labute approximate surface area is 184 Å². The maximum absolute atomic E-state index is 13.8. The number of nitrogens with zero attached hydrogens (tertiary/aromatic N) is 1. The molecule has 1 heterocycles. The molecule has 0 spiro atoms. The van der Waals surface area contributed by atoms with Crippen LogP contribution in [0.4, 0.5) is 5.69 Å². The summed E-state index contributed by atoms with van der Waals surface area (Å²) < 4.78 is 5.19. The number of amides is 2. The first-order valence-electron chi connectivity index (χ1n) is 10.5. The highest BCUT2D eigenvalue weighted by Gasteiger charge is 2.71. The van der Waals surface area contributed by atoms with Crippen LogP contribution in [-0.4, -0.2) is 30.0 Å². The van der Waals surface area contributed by atoms with Crippen molar-refractivity contribution >= 4 is 23.5 Å². The molecule has 2 bridgehead atoms. The summed E-state index contributed by atoms with van der Waals surface area (Å²) in [5, 5.41) is 10.7. The molecule has 1 saturated heterocycles. The van der Waals surface area contributed by atoms with Gasteiger partial charge in [-0.05, 0) is 46.5 Å². The van der Waals surface area contributed by atoms with Crippen molar-refractivity contribution in [2.24, 2.45) is 11.8 Å². The summed E-state index contributed by atoms with van der Waals surface area (Å²) in [6, 6.07) is 21.3. The second-order valence-corrected chi connectivity index (χ2v) is 8.48. The van der Waals surface area contributed by atoms with Gasteiger partial charge in [0.25, 0.3) is 0 Å². The van der Waals surface area contributed by atoms with Crippen LogP contribution in [0.1, 0.15) is 28.2 Å². The van der Waals surface area contributed by atoms with Crippen LogP contribution in [0.3, 0.4) is 0 Å². The minimum atomic E-state index is -1.61. The summed E-state index contributed by atoms with van der Waals surface area (Å²) in [6.45, 7) is 0. The van der Waals surface area contributed by atoms with Gasteiger partial charge in [-0.15, -0.1) is 0 Å². The number of hydrogen-bond donors (Lipinski definition) is 1. The Bertz CT molecular complexity index is 1260. The van der Waals surface area contributed by atoms with Gasteiger partial charge in [-0.3, -0.25) is 14.4 Å². The lowest BCUT2D eigenvalue weighted by molar-refractivity contribution is -0.149. The molecule has 1 aliphatic heterocycles. The van der Waals surface area contributed by atoms with Crippen LogP contribution in [-0.2, 0) is 19.8 Å². The minimum Gasteiger partial charge on any atom is -0.497 e. The van der Waals surface area contributed by atoms with Gasteiger partial charge in [0, 0.05) is 5.92 Å². The molecule has 0 unspecified atom stereocenters. The zero-order valence-electron chi connectivity index (χ0n) is 17.2. The molecule has 6 nitrogen and oxygen atoms in total. The Balaban J connectivity index is 1.63. The lowest BCUT2D eigenvalue weighted by Gasteiger charge is -2.51. The number of anilines is 1. The third-order valence-electron chi connectivity index (χ3n) is 7.29. The van der Waals surface area contributed by atoms with E-state index in [0.717, 1.165) is 16.0 Å². The van der Waals surface area contributed by atoms with Gasteiger partial charge in [-0.2, -0.15) is 0 Å². The lowest BCUT2D eigenvalue weighted by Crippen LogP contribution is -2.57. The monoisotopic (exact) mass is 425 g/mol. The van der Waals surface area contributed by atoms with Crippen LogP contribution >= 0.6 is 0 Å². The lowest BCUT2D eigenvalue weighted by atomic mass is 9.47. The second-order valence-electron chi connectivity index (χ2n) is 8.48. The van der Waals surface area contributed by atoms with E-state index in [0.29, 0.717) is 22.6 Å². The van der Waals surface area contributed by atoms with E-state index in [1.807, 2.05) is 24.3 Å². The summed E-state index contributed by atoms with van der Waals surface area (Å²) in [6.07, 6.45) is 0. The first-order valence-corrected chi connectivity index (χ1v) is 10.5. The number of hydrogen-bond acceptors (Lipinski definition) is 4. The molecule has 158 valence electrons. The molecule has 0 aromatic heterocycles. The topological polar surface area (TPSA) is 83.9 Å². The Morgan fingerprint density at radius 1 is 0.875 bits per heavy atom. The third-order valence-corrected chi connectivity index (χ3v) is 7.29. The highest BCUT2D eigenvalue weighted by molar-refractivity contribution is 6.25. The van der Waals surface area contributed by atoms with Crippen molar-refractivity contribution in [1.82, 2.24) is 0 Å². The largest absolute Gasteiger partial charge is 0.497 e. The van der Waals surface area contributed by atoms with Gasteiger partial charge in [-0.25, -0.2) is 4.90 Å². The molecule has 0 radical (unpaired) electrons. The van der Waals surface area contributed by atoms with E-state index in [-0.39, 0.29) is 11.8 Å². The fraction of sp³-hybridized carbons (Fsp3) is 0.192. The van der Waals surface area contributed by atoms with E-state index < -0.39 is 29.1 Å². The maximum Gasteiger partial charge on any atom is 0.319 e. The van der Waals surface area contributed by atoms with E-state index in [2.05, 4.69) is 0 Å². The maximum atomic E-state index is 13.8. The summed E-state index contributed by atoms with van der Waals surface area (Å²) in [7, 11) is 1.54. The molecule has 7 rings (SSSR count). The van der Waals surface area contributed by atoms with Gasteiger partial charge >= 0.3 is 5.97 Å². The summed E-state index contributed by atoms with van der Waals surface area (Å²) in [4.78, 5) is 41.8. The van der Waals surface area contributed by atoms with Crippen molar-refractivity contribution in [3.63, 3.8) is 0 Å². The van der Waals surface area contributed by atoms with Crippen molar-refractivity contribution in [3.05, 3.63) is 95.1 Å². The predicted molar refractivity (Wildman–Crippen MR) is 116 cm³/mol. The first kappa shape index (κ1) is 18.8. The predicted octanol–water partition coefficient (Wildman–Crippen LogP) is 3.33. The second kappa shape index (κ2) is 6.29. The number of carbonyl (C=O) groups is 3. The number of carbonyl (C=O) groups excluding carboxylic acids is 2. The summed E-state index contributed by atoms with van der Waals surface area (Å²) >= 11 is 0. The summed E-state index contributed by atoms with van der Waals surface area (Å²) in [5.74, 6) is -3.48. The van der Waals surface area contributed by atoms with Gasteiger partial charge in [0.2, 0.25) is 11.8 Å². The van der Waals surface area contributed by atoms with Crippen LogP contribution in [0.25, 0.3) is 0 Å². The van der Waals surface area contributed by atoms with Gasteiger partial charge in [-0.1, -0.05) is 48.5 Å².